The van der Waals surface area contributed by atoms with Crippen molar-refractivity contribution in [2.24, 2.45) is 0 Å². The zero-order valence-corrected chi connectivity index (χ0v) is 18.5. The molecule has 1 aliphatic heterocycles. The first-order chi connectivity index (χ1) is 15.1. The number of rotatable bonds is 7. The SMILES string of the molecule is C[C@H]1CN(Cc2cccc(-c3ccnc(CCCc4ccc(O)cc4)n3)c2)[C@@H](C)CN1. The van der Waals surface area contributed by atoms with E-state index in [2.05, 4.69) is 53.3 Å². The number of piperazine rings is 1. The van der Waals surface area contributed by atoms with Gasteiger partial charge in [0, 0.05) is 49.9 Å². The van der Waals surface area contributed by atoms with Crippen LogP contribution in [0.25, 0.3) is 11.3 Å². The van der Waals surface area contributed by atoms with E-state index in [4.69, 9.17) is 4.98 Å². The quantitative estimate of drug-likeness (QED) is 0.604. The Morgan fingerprint density at radius 1 is 1.03 bits per heavy atom. The predicted molar refractivity (Wildman–Crippen MR) is 125 cm³/mol. The first-order valence-electron chi connectivity index (χ1n) is 11.2. The van der Waals surface area contributed by atoms with Gasteiger partial charge >= 0.3 is 0 Å². The third-order valence-electron chi connectivity index (χ3n) is 6.01. The van der Waals surface area contributed by atoms with E-state index in [9.17, 15) is 5.11 Å². The van der Waals surface area contributed by atoms with Crippen LogP contribution in [0.2, 0.25) is 0 Å². The summed E-state index contributed by atoms with van der Waals surface area (Å²) >= 11 is 0. The molecular formula is C26H32N4O. The molecule has 1 aromatic heterocycles. The molecular weight excluding hydrogens is 384 g/mol. The molecule has 0 amide bonds. The maximum atomic E-state index is 9.41. The van der Waals surface area contributed by atoms with E-state index in [0.29, 0.717) is 17.8 Å². The average Bonchev–Trinajstić information content (AvgIpc) is 2.78. The van der Waals surface area contributed by atoms with E-state index >= 15 is 0 Å². The van der Waals surface area contributed by atoms with Crippen molar-refractivity contribution in [3.05, 3.63) is 77.7 Å². The molecule has 0 bridgehead atoms. The van der Waals surface area contributed by atoms with Crippen molar-refractivity contribution in [3.8, 4) is 17.0 Å². The lowest BCUT2D eigenvalue weighted by molar-refractivity contribution is 0.139. The molecule has 5 heteroatoms. The molecule has 2 atom stereocenters. The van der Waals surface area contributed by atoms with E-state index in [1.54, 1.807) is 12.1 Å². The molecule has 5 nitrogen and oxygen atoms in total. The molecule has 3 aromatic rings. The van der Waals surface area contributed by atoms with Crippen molar-refractivity contribution in [1.29, 1.82) is 0 Å². The number of aromatic hydroxyl groups is 1. The highest BCUT2D eigenvalue weighted by Gasteiger charge is 2.22. The maximum Gasteiger partial charge on any atom is 0.128 e. The second-order valence-corrected chi connectivity index (χ2v) is 8.67. The van der Waals surface area contributed by atoms with Crippen LogP contribution in [0.15, 0.2) is 60.8 Å². The number of nitrogens with one attached hydrogen (secondary N) is 1. The number of nitrogens with zero attached hydrogens (tertiary/aromatic N) is 3. The summed E-state index contributed by atoms with van der Waals surface area (Å²) in [4.78, 5) is 11.9. The first kappa shape index (κ1) is 21.5. The minimum absolute atomic E-state index is 0.308. The van der Waals surface area contributed by atoms with Crippen LogP contribution in [-0.4, -0.2) is 45.1 Å². The number of aromatic nitrogens is 2. The van der Waals surface area contributed by atoms with Crippen LogP contribution < -0.4 is 5.32 Å². The Morgan fingerprint density at radius 3 is 2.71 bits per heavy atom. The Kier molecular flexibility index (Phi) is 6.95. The van der Waals surface area contributed by atoms with E-state index < -0.39 is 0 Å². The normalized spacial score (nSPS) is 19.4. The van der Waals surface area contributed by atoms with Gasteiger partial charge in [-0.2, -0.15) is 0 Å². The van der Waals surface area contributed by atoms with Gasteiger partial charge in [-0.3, -0.25) is 4.90 Å². The maximum absolute atomic E-state index is 9.41. The van der Waals surface area contributed by atoms with Crippen LogP contribution in [0.1, 0.15) is 37.2 Å². The second-order valence-electron chi connectivity index (χ2n) is 8.67. The van der Waals surface area contributed by atoms with E-state index in [-0.39, 0.29) is 0 Å². The van der Waals surface area contributed by atoms with Gasteiger partial charge in [0.2, 0.25) is 0 Å². The van der Waals surface area contributed by atoms with E-state index in [1.165, 1.54) is 11.1 Å². The molecule has 31 heavy (non-hydrogen) atoms. The van der Waals surface area contributed by atoms with Gasteiger partial charge in [0.15, 0.2) is 0 Å². The number of aryl methyl sites for hydroxylation is 2. The molecule has 2 aromatic carbocycles. The fourth-order valence-corrected chi connectivity index (χ4v) is 4.17. The Bertz CT molecular complexity index is 989. The third kappa shape index (κ3) is 5.90. The standard InChI is InChI=1S/C26H32N4O/c1-19-17-30(20(2)16-28-19)18-22-6-3-7-23(15-22)25-13-14-27-26(29-25)8-4-5-21-9-11-24(31)12-10-21/h3,6-7,9-15,19-20,28,31H,4-5,8,16-18H2,1-2H3/t19-,20-/m0/s1. The summed E-state index contributed by atoms with van der Waals surface area (Å²) in [5.74, 6) is 1.19. The predicted octanol–water partition coefficient (Wildman–Crippen LogP) is 4.21. The highest BCUT2D eigenvalue weighted by Crippen LogP contribution is 2.21. The van der Waals surface area contributed by atoms with Crippen LogP contribution in [-0.2, 0) is 19.4 Å². The van der Waals surface area contributed by atoms with Crippen LogP contribution >= 0.6 is 0 Å². The summed E-state index contributed by atoms with van der Waals surface area (Å²) in [6.07, 6.45) is 4.63. The van der Waals surface area contributed by atoms with Gasteiger partial charge in [-0.05, 0) is 62.1 Å². The molecule has 1 fully saturated rings. The summed E-state index contributed by atoms with van der Waals surface area (Å²) in [6.45, 7) is 7.62. The lowest BCUT2D eigenvalue weighted by atomic mass is 10.0. The lowest BCUT2D eigenvalue weighted by Crippen LogP contribution is -2.53. The topological polar surface area (TPSA) is 61.3 Å². The van der Waals surface area contributed by atoms with Gasteiger partial charge < -0.3 is 10.4 Å². The Morgan fingerprint density at radius 2 is 1.87 bits per heavy atom. The van der Waals surface area contributed by atoms with Crippen LogP contribution in [0.3, 0.4) is 0 Å². The summed E-state index contributed by atoms with van der Waals surface area (Å²) in [5.41, 5.74) is 4.68. The molecule has 0 unspecified atom stereocenters. The number of phenols is 1. The fourth-order valence-electron chi connectivity index (χ4n) is 4.17. The largest absolute Gasteiger partial charge is 0.508 e. The number of phenolic OH excluding ortho intramolecular Hbond substituents is 1. The number of hydrogen-bond acceptors (Lipinski definition) is 5. The summed E-state index contributed by atoms with van der Waals surface area (Å²) in [5, 5.41) is 13.0. The summed E-state index contributed by atoms with van der Waals surface area (Å²) in [6, 6.07) is 19.2. The summed E-state index contributed by atoms with van der Waals surface area (Å²) < 4.78 is 0. The van der Waals surface area contributed by atoms with Gasteiger partial charge in [0.25, 0.3) is 0 Å². The van der Waals surface area contributed by atoms with Gasteiger partial charge in [0.1, 0.15) is 11.6 Å². The van der Waals surface area contributed by atoms with Gasteiger partial charge in [-0.1, -0.05) is 30.3 Å². The highest BCUT2D eigenvalue weighted by molar-refractivity contribution is 5.59. The molecule has 1 aliphatic rings. The van der Waals surface area contributed by atoms with Gasteiger partial charge in [-0.25, -0.2) is 9.97 Å². The van der Waals surface area contributed by atoms with E-state index in [0.717, 1.165) is 56.0 Å². The molecule has 0 aliphatic carbocycles. The van der Waals surface area contributed by atoms with Crippen molar-refractivity contribution >= 4 is 0 Å². The lowest BCUT2D eigenvalue weighted by Gasteiger charge is -2.37. The fraction of sp³-hybridized carbons (Fsp3) is 0.385. The zero-order valence-electron chi connectivity index (χ0n) is 18.5. The zero-order chi connectivity index (χ0) is 21.6. The van der Waals surface area contributed by atoms with Crippen molar-refractivity contribution in [1.82, 2.24) is 20.2 Å². The van der Waals surface area contributed by atoms with Crippen LogP contribution in [0, 0.1) is 0 Å². The molecule has 162 valence electrons. The highest BCUT2D eigenvalue weighted by atomic mass is 16.3. The molecule has 0 spiro atoms. The van der Waals surface area contributed by atoms with E-state index in [1.807, 2.05) is 24.4 Å². The molecule has 0 saturated carbocycles. The van der Waals surface area contributed by atoms with Gasteiger partial charge in [0.05, 0.1) is 5.69 Å². The van der Waals surface area contributed by atoms with Crippen molar-refractivity contribution in [2.75, 3.05) is 13.1 Å². The molecule has 1 saturated heterocycles. The number of hydrogen-bond donors (Lipinski definition) is 2. The van der Waals surface area contributed by atoms with Crippen LogP contribution in [0.5, 0.6) is 5.75 Å². The second kappa shape index (κ2) is 10.0. The molecule has 2 N–H and O–H groups in total. The Labute approximate surface area is 185 Å². The van der Waals surface area contributed by atoms with Crippen molar-refractivity contribution in [3.63, 3.8) is 0 Å². The first-order valence-corrected chi connectivity index (χ1v) is 11.2. The minimum Gasteiger partial charge on any atom is -0.508 e. The summed E-state index contributed by atoms with van der Waals surface area (Å²) in [7, 11) is 0. The molecule has 0 radical (unpaired) electrons. The van der Waals surface area contributed by atoms with Crippen LogP contribution in [0.4, 0.5) is 0 Å². The number of benzene rings is 2. The third-order valence-corrected chi connectivity index (χ3v) is 6.01. The smallest absolute Gasteiger partial charge is 0.128 e. The Hall–Kier alpha value is -2.76. The van der Waals surface area contributed by atoms with Crippen molar-refractivity contribution < 1.29 is 5.11 Å². The minimum atomic E-state index is 0.308. The average molecular weight is 417 g/mol. The monoisotopic (exact) mass is 416 g/mol. The Balaban J connectivity index is 1.40. The van der Waals surface area contributed by atoms with Gasteiger partial charge in [-0.15, -0.1) is 0 Å². The van der Waals surface area contributed by atoms with Crippen molar-refractivity contribution in [2.45, 2.75) is 51.7 Å². The molecule has 4 rings (SSSR count). The molecule has 2 heterocycles.